The SMILES string of the molecule is C=CCNC(=O)c1cnc(Nc2ccc(N3CCC4(CCN(C)CC4)CC3)cc2)nc1Nc1cccc(N2CCCC2=O)n1. The highest BCUT2D eigenvalue weighted by Crippen LogP contribution is 2.42. The standard InChI is InChI=1S/C33H41N9O2/c1-3-17-34-31(44)26-23-35-32(39-30(26)38-27-6-4-7-28(37-27)42-18-5-8-29(42)43)36-24-9-11-25(12-10-24)41-21-15-33(16-22-41)13-19-40(2)20-14-33/h3-4,6-7,9-12,23H,1,5,8,13-22H2,2H3,(H,34,44)(H2,35,36,37,38,39). The van der Waals surface area contributed by atoms with E-state index in [1.54, 1.807) is 23.1 Å². The third-order valence-corrected chi connectivity index (χ3v) is 9.13. The lowest BCUT2D eigenvalue weighted by Crippen LogP contribution is -2.46. The number of aromatic nitrogens is 3. The van der Waals surface area contributed by atoms with E-state index in [-0.39, 0.29) is 17.4 Å². The van der Waals surface area contributed by atoms with Crippen LogP contribution in [-0.2, 0) is 4.79 Å². The topological polar surface area (TPSA) is 119 Å². The fourth-order valence-electron chi connectivity index (χ4n) is 6.34. The van der Waals surface area contributed by atoms with E-state index in [1.165, 1.54) is 50.7 Å². The van der Waals surface area contributed by atoms with Gasteiger partial charge in [0.1, 0.15) is 23.0 Å². The summed E-state index contributed by atoms with van der Waals surface area (Å²) in [5.41, 5.74) is 2.85. The quantitative estimate of drug-likeness (QED) is 0.302. The lowest BCUT2D eigenvalue weighted by molar-refractivity contribution is -0.117. The second-order valence-corrected chi connectivity index (χ2v) is 12.1. The average Bonchev–Trinajstić information content (AvgIpc) is 3.48. The zero-order valence-corrected chi connectivity index (χ0v) is 25.4. The number of amides is 2. The number of piperidine rings is 2. The highest BCUT2D eigenvalue weighted by atomic mass is 16.2. The minimum atomic E-state index is -0.335. The number of nitrogens with one attached hydrogen (secondary N) is 3. The lowest BCUT2D eigenvalue weighted by atomic mass is 9.71. The van der Waals surface area contributed by atoms with Gasteiger partial charge < -0.3 is 25.8 Å². The van der Waals surface area contributed by atoms with Crippen LogP contribution in [0.25, 0.3) is 0 Å². The summed E-state index contributed by atoms with van der Waals surface area (Å²) in [5, 5.41) is 9.24. The summed E-state index contributed by atoms with van der Waals surface area (Å²) in [4.78, 5) is 45.5. The number of hydrogen-bond acceptors (Lipinski definition) is 9. The van der Waals surface area contributed by atoms with Crippen molar-refractivity contribution in [2.24, 2.45) is 5.41 Å². The van der Waals surface area contributed by atoms with Crippen LogP contribution in [0.3, 0.4) is 0 Å². The van der Waals surface area contributed by atoms with Crippen LogP contribution >= 0.6 is 0 Å². The summed E-state index contributed by atoms with van der Waals surface area (Å²) in [6.07, 6.45) is 9.56. The number of likely N-dealkylation sites (tertiary alicyclic amines) is 1. The molecule has 44 heavy (non-hydrogen) atoms. The Bertz CT molecular complexity index is 1490. The molecule has 11 nitrogen and oxygen atoms in total. The van der Waals surface area contributed by atoms with Crippen LogP contribution in [0.15, 0.2) is 61.3 Å². The van der Waals surface area contributed by atoms with Crippen LogP contribution in [-0.4, -0.2) is 78.0 Å². The molecule has 230 valence electrons. The van der Waals surface area contributed by atoms with Gasteiger partial charge in [0, 0.05) is 50.2 Å². The van der Waals surface area contributed by atoms with Crippen LogP contribution in [0.5, 0.6) is 0 Å². The predicted molar refractivity (Wildman–Crippen MR) is 174 cm³/mol. The van der Waals surface area contributed by atoms with Gasteiger partial charge in [0.25, 0.3) is 5.91 Å². The minimum absolute atomic E-state index is 0.0557. The molecule has 0 unspecified atom stereocenters. The number of carbonyl (C=O) groups excluding carboxylic acids is 2. The summed E-state index contributed by atoms with van der Waals surface area (Å²) in [6, 6.07) is 13.8. The van der Waals surface area contributed by atoms with Gasteiger partial charge in [0.05, 0.1) is 0 Å². The molecule has 3 N–H and O–H groups in total. The van der Waals surface area contributed by atoms with Gasteiger partial charge in [-0.25, -0.2) is 9.97 Å². The van der Waals surface area contributed by atoms with E-state index in [0.29, 0.717) is 48.3 Å². The third kappa shape index (κ3) is 6.67. The van der Waals surface area contributed by atoms with Crippen LogP contribution in [0.1, 0.15) is 48.9 Å². The summed E-state index contributed by atoms with van der Waals surface area (Å²) in [5.74, 6) is 1.40. The Kier molecular flexibility index (Phi) is 8.74. The Labute approximate surface area is 258 Å². The van der Waals surface area contributed by atoms with Crippen molar-refractivity contribution in [3.8, 4) is 0 Å². The van der Waals surface area contributed by atoms with Gasteiger partial charge in [-0.15, -0.1) is 6.58 Å². The first kappa shape index (κ1) is 29.6. The number of benzene rings is 1. The molecule has 3 aromatic rings. The molecule has 2 aromatic heterocycles. The van der Waals surface area contributed by atoms with E-state index in [0.717, 1.165) is 25.2 Å². The molecule has 0 saturated carbocycles. The van der Waals surface area contributed by atoms with Crippen molar-refractivity contribution in [1.82, 2.24) is 25.2 Å². The van der Waals surface area contributed by atoms with Crippen molar-refractivity contribution in [2.45, 2.75) is 38.5 Å². The highest BCUT2D eigenvalue weighted by Gasteiger charge is 2.36. The zero-order chi connectivity index (χ0) is 30.5. The van der Waals surface area contributed by atoms with Gasteiger partial charge >= 0.3 is 0 Å². The second kappa shape index (κ2) is 13.0. The monoisotopic (exact) mass is 595 g/mol. The molecule has 3 aliphatic heterocycles. The van der Waals surface area contributed by atoms with Gasteiger partial charge in [-0.3, -0.25) is 14.5 Å². The van der Waals surface area contributed by atoms with E-state index in [1.807, 2.05) is 18.2 Å². The van der Waals surface area contributed by atoms with Crippen LogP contribution in [0.4, 0.5) is 34.8 Å². The molecule has 11 heteroatoms. The largest absolute Gasteiger partial charge is 0.371 e. The first-order valence-electron chi connectivity index (χ1n) is 15.5. The third-order valence-electron chi connectivity index (χ3n) is 9.13. The maximum absolute atomic E-state index is 12.9. The average molecular weight is 596 g/mol. The summed E-state index contributed by atoms with van der Waals surface area (Å²) in [6.45, 7) is 9.22. The number of carbonyl (C=O) groups is 2. The molecule has 1 aromatic carbocycles. The number of rotatable bonds is 9. The van der Waals surface area contributed by atoms with Crippen molar-refractivity contribution in [3.05, 3.63) is 66.9 Å². The Morgan fingerprint density at radius 1 is 0.977 bits per heavy atom. The van der Waals surface area contributed by atoms with Crippen molar-refractivity contribution in [1.29, 1.82) is 0 Å². The fourth-order valence-corrected chi connectivity index (χ4v) is 6.34. The molecule has 2 amide bonds. The second-order valence-electron chi connectivity index (χ2n) is 12.1. The molecule has 0 radical (unpaired) electrons. The molecule has 3 saturated heterocycles. The van der Waals surface area contributed by atoms with Gasteiger partial charge in [0.15, 0.2) is 0 Å². The van der Waals surface area contributed by atoms with E-state index < -0.39 is 0 Å². The molecule has 3 fully saturated rings. The van der Waals surface area contributed by atoms with Crippen molar-refractivity contribution < 1.29 is 9.59 Å². The molecule has 0 atom stereocenters. The molecule has 6 rings (SSSR count). The number of nitrogens with zero attached hydrogens (tertiary/aromatic N) is 6. The predicted octanol–water partition coefficient (Wildman–Crippen LogP) is 4.71. The Hall–Kier alpha value is -4.51. The van der Waals surface area contributed by atoms with Gasteiger partial charge in [-0.1, -0.05) is 12.1 Å². The molecule has 1 spiro atoms. The van der Waals surface area contributed by atoms with Crippen LogP contribution < -0.4 is 25.8 Å². The minimum Gasteiger partial charge on any atom is -0.371 e. The zero-order valence-electron chi connectivity index (χ0n) is 25.4. The molecule has 0 aliphatic carbocycles. The highest BCUT2D eigenvalue weighted by molar-refractivity contribution is 5.99. The fraction of sp³-hybridized carbons (Fsp3) is 0.424. The molecular weight excluding hydrogens is 554 g/mol. The summed E-state index contributed by atoms with van der Waals surface area (Å²) < 4.78 is 0. The Morgan fingerprint density at radius 3 is 2.43 bits per heavy atom. The number of anilines is 6. The first-order valence-corrected chi connectivity index (χ1v) is 15.5. The van der Waals surface area contributed by atoms with Crippen LogP contribution in [0.2, 0.25) is 0 Å². The van der Waals surface area contributed by atoms with E-state index in [2.05, 4.69) is 66.5 Å². The Balaban J connectivity index is 1.15. The van der Waals surface area contributed by atoms with Crippen molar-refractivity contribution in [2.75, 3.05) is 66.7 Å². The summed E-state index contributed by atoms with van der Waals surface area (Å²) >= 11 is 0. The van der Waals surface area contributed by atoms with Gasteiger partial charge in [-0.2, -0.15) is 4.98 Å². The summed E-state index contributed by atoms with van der Waals surface area (Å²) in [7, 11) is 2.23. The van der Waals surface area contributed by atoms with Gasteiger partial charge in [-0.05, 0) is 94.1 Å². The maximum atomic E-state index is 12.9. The lowest BCUT2D eigenvalue weighted by Gasteiger charge is -2.46. The Morgan fingerprint density at radius 2 is 1.73 bits per heavy atom. The first-order chi connectivity index (χ1) is 21.4. The molecule has 0 bridgehead atoms. The number of hydrogen-bond donors (Lipinski definition) is 3. The van der Waals surface area contributed by atoms with Crippen molar-refractivity contribution in [3.63, 3.8) is 0 Å². The normalized spacial score (nSPS) is 18.3. The van der Waals surface area contributed by atoms with Crippen molar-refractivity contribution >= 4 is 46.6 Å². The van der Waals surface area contributed by atoms with E-state index >= 15 is 0 Å². The molecule has 3 aliphatic rings. The smallest absolute Gasteiger partial charge is 0.256 e. The van der Waals surface area contributed by atoms with Gasteiger partial charge in [0.2, 0.25) is 11.9 Å². The number of pyridine rings is 1. The van der Waals surface area contributed by atoms with E-state index in [9.17, 15) is 9.59 Å². The molecule has 5 heterocycles. The van der Waals surface area contributed by atoms with E-state index in [4.69, 9.17) is 0 Å². The van der Waals surface area contributed by atoms with Crippen LogP contribution in [0, 0.1) is 5.41 Å². The molecular formula is C33H41N9O2. The maximum Gasteiger partial charge on any atom is 0.256 e.